The Labute approximate surface area is 75.5 Å². The van der Waals surface area contributed by atoms with Crippen molar-refractivity contribution in [3.63, 3.8) is 0 Å². The molecule has 0 bridgehead atoms. The SMILES string of the molecule is CC(C)(C(=O)O)S(=N)(=O)CC(=O)O. The molecule has 0 aliphatic heterocycles. The van der Waals surface area contributed by atoms with Crippen LogP contribution in [0.5, 0.6) is 0 Å². The van der Waals surface area contributed by atoms with Gasteiger partial charge in [0.1, 0.15) is 10.5 Å². The molecule has 7 heteroatoms. The highest BCUT2D eigenvalue weighted by molar-refractivity contribution is 7.95. The highest BCUT2D eigenvalue weighted by Gasteiger charge is 2.39. The fourth-order valence-electron chi connectivity index (χ4n) is 0.495. The van der Waals surface area contributed by atoms with Crippen LogP contribution in [0.1, 0.15) is 13.8 Å². The minimum atomic E-state index is -3.66. The predicted octanol–water partition coefficient (Wildman–Crippen LogP) is -0.0190. The Bertz CT molecular complexity index is 329. The number of carboxylic acid groups (broad SMARTS) is 2. The van der Waals surface area contributed by atoms with E-state index in [1.54, 1.807) is 0 Å². The van der Waals surface area contributed by atoms with Gasteiger partial charge in [0, 0.05) is 0 Å². The van der Waals surface area contributed by atoms with Crippen LogP contribution in [-0.4, -0.2) is 36.9 Å². The van der Waals surface area contributed by atoms with Crippen LogP contribution in [0.15, 0.2) is 0 Å². The normalized spacial score (nSPS) is 16.2. The number of carboxylic acids is 2. The molecule has 0 rings (SSSR count). The smallest absolute Gasteiger partial charge is 0.322 e. The summed E-state index contributed by atoms with van der Waals surface area (Å²) in [5.41, 5.74) is 0. The minimum Gasteiger partial charge on any atom is -0.481 e. The van der Waals surface area contributed by atoms with Crippen molar-refractivity contribution in [3.8, 4) is 0 Å². The van der Waals surface area contributed by atoms with Crippen molar-refractivity contribution >= 4 is 21.7 Å². The maximum Gasteiger partial charge on any atom is 0.322 e. The van der Waals surface area contributed by atoms with Crippen molar-refractivity contribution in [2.45, 2.75) is 18.6 Å². The molecule has 1 unspecified atom stereocenters. The molecule has 0 aliphatic rings. The monoisotopic (exact) mass is 209 g/mol. The first kappa shape index (κ1) is 11.9. The lowest BCUT2D eigenvalue weighted by atomic mass is 10.2. The average molecular weight is 209 g/mol. The molecule has 0 spiro atoms. The molecule has 0 heterocycles. The second kappa shape index (κ2) is 3.33. The highest BCUT2D eigenvalue weighted by atomic mass is 32.2. The predicted molar refractivity (Wildman–Crippen MR) is 45.1 cm³/mol. The lowest BCUT2D eigenvalue weighted by molar-refractivity contribution is -0.139. The van der Waals surface area contributed by atoms with Gasteiger partial charge in [-0.25, -0.2) is 4.21 Å². The molecule has 0 saturated carbocycles. The Hall–Kier alpha value is -1.11. The molecule has 3 N–H and O–H groups in total. The van der Waals surface area contributed by atoms with E-state index in [-0.39, 0.29) is 0 Å². The van der Waals surface area contributed by atoms with Gasteiger partial charge in [-0.3, -0.25) is 14.4 Å². The van der Waals surface area contributed by atoms with Crippen LogP contribution in [0.25, 0.3) is 0 Å². The summed E-state index contributed by atoms with van der Waals surface area (Å²) in [7, 11) is -3.66. The summed E-state index contributed by atoms with van der Waals surface area (Å²) in [5, 5.41) is 16.9. The summed E-state index contributed by atoms with van der Waals surface area (Å²) >= 11 is 0. The molecule has 0 amide bonds. The zero-order valence-electron chi connectivity index (χ0n) is 7.23. The van der Waals surface area contributed by atoms with Gasteiger partial charge < -0.3 is 10.2 Å². The number of nitrogens with one attached hydrogen (secondary N) is 1. The third-order valence-corrected chi connectivity index (χ3v) is 4.14. The molecule has 0 aromatic rings. The van der Waals surface area contributed by atoms with E-state index in [2.05, 4.69) is 0 Å². The van der Waals surface area contributed by atoms with Gasteiger partial charge >= 0.3 is 11.9 Å². The highest BCUT2D eigenvalue weighted by Crippen LogP contribution is 2.18. The van der Waals surface area contributed by atoms with Crippen molar-refractivity contribution in [1.29, 1.82) is 4.78 Å². The molecule has 13 heavy (non-hydrogen) atoms. The van der Waals surface area contributed by atoms with Gasteiger partial charge in [0.25, 0.3) is 0 Å². The van der Waals surface area contributed by atoms with Gasteiger partial charge in [-0.05, 0) is 13.8 Å². The maximum atomic E-state index is 11.4. The van der Waals surface area contributed by atoms with Gasteiger partial charge in [-0.2, -0.15) is 0 Å². The van der Waals surface area contributed by atoms with Crippen molar-refractivity contribution in [1.82, 2.24) is 0 Å². The second-order valence-corrected chi connectivity index (χ2v) is 5.69. The maximum absolute atomic E-state index is 11.4. The molecule has 0 aliphatic carbocycles. The van der Waals surface area contributed by atoms with E-state index in [1.807, 2.05) is 0 Å². The van der Waals surface area contributed by atoms with Crippen LogP contribution in [0, 0.1) is 4.78 Å². The van der Waals surface area contributed by atoms with E-state index in [1.165, 1.54) is 0 Å². The number of hydrogen-bond acceptors (Lipinski definition) is 4. The molecular formula is C6H11NO5S. The van der Waals surface area contributed by atoms with E-state index < -0.39 is 32.2 Å². The van der Waals surface area contributed by atoms with Crippen LogP contribution in [-0.2, 0) is 19.3 Å². The van der Waals surface area contributed by atoms with Crippen molar-refractivity contribution in [3.05, 3.63) is 0 Å². The first-order valence-electron chi connectivity index (χ1n) is 3.32. The first-order valence-corrected chi connectivity index (χ1v) is 5.05. The molecule has 76 valence electrons. The van der Waals surface area contributed by atoms with Gasteiger partial charge in [-0.1, -0.05) is 0 Å². The fourth-order valence-corrected chi connectivity index (χ4v) is 1.49. The molecule has 6 nitrogen and oxygen atoms in total. The largest absolute Gasteiger partial charge is 0.481 e. The van der Waals surface area contributed by atoms with Gasteiger partial charge in [0.2, 0.25) is 0 Å². The van der Waals surface area contributed by atoms with E-state index in [4.69, 9.17) is 15.0 Å². The molecule has 0 aromatic heterocycles. The Morgan fingerprint density at radius 2 is 1.77 bits per heavy atom. The lowest BCUT2D eigenvalue weighted by Gasteiger charge is -2.20. The summed E-state index contributed by atoms with van der Waals surface area (Å²) in [4.78, 5) is 20.7. The Kier molecular flexibility index (Phi) is 3.04. The van der Waals surface area contributed by atoms with Gasteiger partial charge in [-0.15, -0.1) is 0 Å². The molecule has 1 atom stereocenters. The number of aliphatic carboxylic acids is 2. The topological polar surface area (TPSA) is 116 Å². The number of hydrogen-bond donors (Lipinski definition) is 3. The Morgan fingerprint density at radius 1 is 1.38 bits per heavy atom. The van der Waals surface area contributed by atoms with E-state index in [9.17, 15) is 13.8 Å². The standard InChI is InChI=1S/C6H11NO5S/c1-6(2,5(10)11)13(7,12)3-4(8)9/h7H,3H2,1-2H3,(H,8,9)(H,10,11). The van der Waals surface area contributed by atoms with Crippen LogP contribution in [0.3, 0.4) is 0 Å². The summed E-state index contributed by atoms with van der Waals surface area (Å²) in [6.07, 6.45) is 0. The summed E-state index contributed by atoms with van der Waals surface area (Å²) in [6, 6.07) is 0. The van der Waals surface area contributed by atoms with Gasteiger partial charge in [0.15, 0.2) is 0 Å². The van der Waals surface area contributed by atoms with Crippen LogP contribution >= 0.6 is 0 Å². The molecule has 0 radical (unpaired) electrons. The number of carbonyl (C=O) groups is 2. The summed E-state index contributed by atoms with van der Waals surface area (Å²) in [5.74, 6) is -3.82. The van der Waals surface area contributed by atoms with Crippen LogP contribution < -0.4 is 0 Å². The molecule has 0 aromatic carbocycles. The van der Waals surface area contributed by atoms with Crippen LogP contribution in [0.2, 0.25) is 0 Å². The Balaban J connectivity index is 5.06. The molecule has 0 saturated heterocycles. The van der Waals surface area contributed by atoms with E-state index in [0.717, 1.165) is 13.8 Å². The van der Waals surface area contributed by atoms with Crippen LogP contribution in [0.4, 0.5) is 0 Å². The lowest BCUT2D eigenvalue weighted by Crippen LogP contribution is -2.42. The summed E-state index contributed by atoms with van der Waals surface area (Å²) < 4.78 is 16.7. The van der Waals surface area contributed by atoms with Gasteiger partial charge in [0.05, 0.1) is 9.73 Å². The molecule has 0 fully saturated rings. The fraction of sp³-hybridized carbons (Fsp3) is 0.667. The first-order chi connectivity index (χ1) is 5.61. The summed E-state index contributed by atoms with van der Waals surface area (Å²) in [6.45, 7) is 2.15. The Morgan fingerprint density at radius 3 is 2.00 bits per heavy atom. The van der Waals surface area contributed by atoms with Crippen molar-refractivity contribution in [2.75, 3.05) is 5.75 Å². The number of rotatable bonds is 4. The zero-order chi connectivity index (χ0) is 10.9. The average Bonchev–Trinajstić information content (AvgIpc) is 1.83. The van der Waals surface area contributed by atoms with Crippen molar-refractivity contribution < 1.29 is 24.0 Å². The zero-order valence-corrected chi connectivity index (χ0v) is 8.05. The minimum absolute atomic E-state index is 0.952. The third-order valence-electron chi connectivity index (χ3n) is 1.67. The van der Waals surface area contributed by atoms with E-state index >= 15 is 0 Å². The van der Waals surface area contributed by atoms with E-state index in [0.29, 0.717) is 0 Å². The quantitative estimate of drug-likeness (QED) is 0.601. The molecular weight excluding hydrogens is 198 g/mol. The van der Waals surface area contributed by atoms with Crippen molar-refractivity contribution in [2.24, 2.45) is 0 Å². The second-order valence-electron chi connectivity index (χ2n) is 3.03. The third kappa shape index (κ3) is 2.41.